The molecule has 1 amide bonds. The predicted molar refractivity (Wildman–Crippen MR) is 125 cm³/mol. The molecule has 32 heavy (non-hydrogen) atoms. The molecule has 2 bridgehead atoms. The average Bonchev–Trinajstić information content (AvgIpc) is 3.20. The Morgan fingerprint density at radius 2 is 2.19 bits per heavy atom. The quantitative estimate of drug-likeness (QED) is 0.583. The Balaban J connectivity index is 1.36. The van der Waals surface area contributed by atoms with Gasteiger partial charge < -0.3 is 15.8 Å². The fourth-order valence-electron chi connectivity index (χ4n) is 4.81. The number of hydrogen-bond acceptors (Lipinski definition) is 6. The third kappa shape index (κ3) is 4.46. The van der Waals surface area contributed by atoms with Crippen molar-refractivity contribution in [2.45, 2.75) is 75.6 Å². The van der Waals surface area contributed by atoms with Crippen LogP contribution in [-0.4, -0.2) is 48.5 Å². The van der Waals surface area contributed by atoms with Gasteiger partial charge in [0.25, 0.3) is 0 Å². The molecule has 2 aliphatic heterocycles. The first kappa shape index (κ1) is 22.9. The average molecular weight is 459 g/mol. The first-order valence-electron chi connectivity index (χ1n) is 11.5. The minimum Gasteiger partial charge on any atom is -0.468 e. The van der Waals surface area contributed by atoms with Gasteiger partial charge in [-0.1, -0.05) is 36.7 Å². The van der Waals surface area contributed by atoms with Gasteiger partial charge in [-0.3, -0.25) is 14.6 Å². The van der Waals surface area contributed by atoms with Gasteiger partial charge in [-0.05, 0) is 56.9 Å². The van der Waals surface area contributed by atoms with Gasteiger partial charge in [-0.15, -0.1) is 0 Å². The largest absolute Gasteiger partial charge is 0.468 e. The summed E-state index contributed by atoms with van der Waals surface area (Å²) in [5.41, 5.74) is 6.16. The van der Waals surface area contributed by atoms with Gasteiger partial charge in [0, 0.05) is 23.3 Å². The van der Waals surface area contributed by atoms with Crippen LogP contribution in [0, 0.1) is 5.92 Å². The van der Waals surface area contributed by atoms with Crippen molar-refractivity contribution < 1.29 is 14.3 Å². The van der Waals surface area contributed by atoms with Crippen molar-refractivity contribution in [3.63, 3.8) is 0 Å². The molecular formula is C24H31ClN4O3. The van der Waals surface area contributed by atoms with E-state index in [1.165, 1.54) is 0 Å². The highest BCUT2D eigenvalue weighted by Crippen LogP contribution is 2.44. The van der Waals surface area contributed by atoms with E-state index >= 15 is 0 Å². The highest BCUT2D eigenvalue weighted by Gasteiger charge is 2.52. The third-order valence-corrected chi connectivity index (χ3v) is 7.03. The Morgan fingerprint density at radius 1 is 1.38 bits per heavy atom. The van der Waals surface area contributed by atoms with Gasteiger partial charge in [0.2, 0.25) is 17.6 Å². The van der Waals surface area contributed by atoms with Crippen LogP contribution in [-0.2, 0) is 19.9 Å². The number of carbonyl (C=O) groups excluding carboxylic acids is 2. The second-order valence-electron chi connectivity index (χ2n) is 9.04. The second-order valence-corrected chi connectivity index (χ2v) is 9.44. The zero-order valence-corrected chi connectivity index (χ0v) is 19.2. The molecule has 0 spiro atoms. The number of Topliss-reactive ketones (excluding diaryl/α,β-unsaturated/α-hetero) is 1. The van der Waals surface area contributed by atoms with E-state index in [9.17, 15) is 9.59 Å². The summed E-state index contributed by atoms with van der Waals surface area (Å²) in [5.74, 6) is 0.660. The normalized spacial score (nSPS) is 29.9. The number of benzene rings is 1. The van der Waals surface area contributed by atoms with Crippen molar-refractivity contribution in [3.05, 3.63) is 34.9 Å². The van der Waals surface area contributed by atoms with Crippen molar-refractivity contribution in [2.24, 2.45) is 21.6 Å². The van der Waals surface area contributed by atoms with E-state index in [0.717, 1.165) is 31.2 Å². The molecule has 3 aliphatic rings. The first-order chi connectivity index (χ1) is 15.4. The summed E-state index contributed by atoms with van der Waals surface area (Å²) in [5, 5.41) is 3.50. The standard InChI is InChI=1S/C24H31ClN4O3/c1-15-11-14-27-20(15)22(31)28-13-5-4-9-18(26)23-29-24(16-7-2-3-8-17(16)25)12-6-10-19(32-23)21(24)30/h2-3,7-8,14-15,18-20H,4-6,9-13,26H2,1H3,(H,28,31)/t15?,18?,19-,20?,24-/m1/s1. The van der Waals surface area contributed by atoms with Crippen LogP contribution in [0.4, 0.5) is 0 Å². The van der Waals surface area contributed by atoms with Gasteiger partial charge in [0.15, 0.2) is 11.6 Å². The summed E-state index contributed by atoms with van der Waals surface area (Å²) in [7, 11) is 0. The molecule has 3 unspecified atom stereocenters. The molecule has 8 heteroatoms. The van der Waals surface area contributed by atoms with Gasteiger partial charge >= 0.3 is 0 Å². The van der Waals surface area contributed by atoms with Crippen LogP contribution in [0.25, 0.3) is 0 Å². The molecule has 3 N–H and O–H groups in total. The molecule has 1 saturated carbocycles. The molecular weight excluding hydrogens is 428 g/mol. The van der Waals surface area contributed by atoms with Crippen LogP contribution in [0.1, 0.15) is 57.4 Å². The maximum absolute atomic E-state index is 13.2. The number of nitrogens with one attached hydrogen (secondary N) is 1. The third-order valence-electron chi connectivity index (χ3n) is 6.70. The van der Waals surface area contributed by atoms with Crippen LogP contribution in [0.5, 0.6) is 0 Å². The lowest BCUT2D eigenvalue weighted by Crippen LogP contribution is -2.54. The van der Waals surface area contributed by atoms with E-state index in [-0.39, 0.29) is 23.7 Å². The lowest BCUT2D eigenvalue weighted by molar-refractivity contribution is -0.137. The SMILES string of the molecule is CC1CC=NC1C(=O)NCCCCC(N)C1=N[C@@]2(c3ccccc3Cl)CCC[C@@H](O1)C2=O. The van der Waals surface area contributed by atoms with Gasteiger partial charge in [-0.2, -0.15) is 0 Å². The summed E-state index contributed by atoms with van der Waals surface area (Å²) >= 11 is 6.45. The van der Waals surface area contributed by atoms with E-state index in [4.69, 9.17) is 27.1 Å². The fraction of sp³-hybridized carbons (Fsp3) is 0.583. The zero-order chi connectivity index (χ0) is 22.7. The lowest BCUT2D eigenvalue weighted by atomic mass is 9.73. The summed E-state index contributed by atoms with van der Waals surface area (Å²) in [6.07, 6.45) is 6.56. The molecule has 5 atom stereocenters. The molecule has 0 radical (unpaired) electrons. The number of nitrogens with two attached hydrogens (primary N) is 1. The number of carbonyl (C=O) groups is 2. The smallest absolute Gasteiger partial charge is 0.245 e. The van der Waals surface area contributed by atoms with Crippen molar-refractivity contribution in [2.75, 3.05) is 6.54 Å². The minimum absolute atomic E-state index is 0.0106. The fourth-order valence-corrected chi connectivity index (χ4v) is 5.11. The Kier molecular flexibility index (Phi) is 6.96. The maximum Gasteiger partial charge on any atom is 0.245 e. The monoisotopic (exact) mass is 458 g/mol. The molecule has 0 aromatic heterocycles. The van der Waals surface area contributed by atoms with Gasteiger partial charge in [-0.25, -0.2) is 4.99 Å². The highest BCUT2D eigenvalue weighted by molar-refractivity contribution is 6.32. The summed E-state index contributed by atoms with van der Waals surface area (Å²) in [4.78, 5) is 34.4. The van der Waals surface area contributed by atoms with Crippen molar-refractivity contribution in [3.8, 4) is 0 Å². The Morgan fingerprint density at radius 3 is 2.94 bits per heavy atom. The molecule has 1 aliphatic carbocycles. The van der Waals surface area contributed by atoms with Crippen molar-refractivity contribution >= 4 is 35.4 Å². The number of ether oxygens (including phenoxy) is 1. The molecule has 4 rings (SSSR count). The Labute approximate surface area is 193 Å². The Hall–Kier alpha value is -2.25. The highest BCUT2D eigenvalue weighted by atomic mass is 35.5. The molecule has 2 heterocycles. The van der Waals surface area contributed by atoms with Crippen molar-refractivity contribution in [1.29, 1.82) is 0 Å². The molecule has 7 nitrogen and oxygen atoms in total. The number of aliphatic imine (C=N–C) groups is 2. The summed E-state index contributed by atoms with van der Waals surface area (Å²) in [6, 6.07) is 6.73. The predicted octanol–water partition coefficient (Wildman–Crippen LogP) is 3.18. The minimum atomic E-state index is -1.00. The van der Waals surface area contributed by atoms with E-state index in [1.54, 1.807) is 6.07 Å². The van der Waals surface area contributed by atoms with Crippen LogP contribution in [0.15, 0.2) is 34.3 Å². The molecule has 0 saturated heterocycles. The van der Waals surface area contributed by atoms with E-state index in [0.29, 0.717) is 36.7 Å². The van der Waals surface area contributed by atoms with Crippen LogP contribution >= 0.6 is 11.6 Å². The number of ketones is 1. The molecule has 1 aromatic carbocycles. The van der Waals surface area contributed by atoms with Crippen molar-refractivity contribution in [1.82, 2.24) is 5.32 Å². The Bertz CT molecular complexity index is 934. The summed E-state index contributed by atoms with van der Waals surface area (Å²) < 4.78 is 5.94. The van der Waals surface area contributed by atoms with E-state index in [2.05, 4.69) is 10.3 Å². The first-order valence-corrected chi connectivity index (χ1v) is 11.9. The number of fused-ring (bicyclic) bond motifs is 2. The van der Waals surface area contributed by atoms with Gasteiger partial charge in [0.05, 0.1) is 6.04 Å². The molecule has 172 valence electrons. The number of halogens is 1. The molecule has 1 aromatic rings. The number of hydrogen-bond donors (Lipinski definition) is 2. The van der Waals surface area contributed by atoms with E-state index in [1.807, 2.05) is 31.3 Å². The molecule has 1 fully saturated rings. The topological polar surface area (TPSA) is 106 Å². The van der Waals surface area contributed by atoms with Crippen LogP contribution in [0.2, 0.25) is 5.02 Å². The number of amides is 1. The van der Waals surface area contributed by atoms with Gasteiger partial charge in [0.1, 0.15) is 6.04 Å². The number of rotatable bonds is 8. The summed E-state index contributed by atoms with van der Waals surface area (Å²) in [6.45, 7) is 2.62. The lowest BCUT2D eigenvalue weighted by Gasteiger charge is -2.42. The number of nitrogens with zero attached hydrogens (tertiary/aromatic N) is 2. The van der Waals surface area contributed by atoms with E-state index < -0.39 is 17.7 Å². The van der Waals surface area contributed by atoms with Crippen LogP contribution < -0.4 is 11.1 Å². The maximum atomic E-state index is 13.2. The second kappa shape index (κ2) is 9.71. The zero-order valence-electron chi connectivity index (χ0n) is 18.4. The van der Waals surface area contributed by atoms with Crippen LogP contribution in [0.3, 0.4) is 0 Å². The number of unbranched alkanes of at least 4 members (excludes halogenated alkanes) is 1.